The molecule has 0 aliphatic carbocycles. The summed E-state index contributed by atoms with van der Waals surface area (Å²) >= 11 is 5.93. The summed E-state index contributed by atoms with van der Waals surface area (Å²) in [6.45, 7) is 5.16. The average Bonchev–Trinajstić information content (AvgIpc) is 2.26. The number of hydrogen-bond donors (Lipinski definition) is 2. The van der Waals surface area contributed by atoms with Crippen molar-refractivity contribution in [3.63, 3.8) is 0 Å². The lowest BCUT2D eigenvalue weighted by atomic mass is 10.1. The van der Waals surface area contributed by atoms with E-state index in [-0.39, 0.29) is 6.61 Å². The van der Waals surface area contributed by atoms with Gasteiger partial charge in [0.05, 0.1) is 0 Å². The second-order valence-electron chi connectivity index (χ2n) is 4.24. The highest BCUT2D eigenvalue weighted by Gasteiger charge is 2.05. The predicted octanol–water partition coefficient (Wildman–Crippen LogP) is 2.51. The van der Waals surface area contributed by atoms with Gasteiger partial charge < -0.3 is 10.4 Å². The van der Waals surface area contributed by atoms with Gasteiger partial charge in [0.1, 0.15) is 16.8 Å². The van der Waals surface area contributed by atoms with Crippen molar-refractivity contribution in [1.82, 2.24) is 9.97 Å². The summed E-state index contributed by atoms with van der Waals surface area (Å²) in [5, 5.41) is 12.5. The van der Waals surface area contributed by atoms with E-state index in [1.807, 2.05) is 0 Å². The minimum atomic E-state index is 0.217. The summed E-state index contributed by atoms with van der Waals surface area (Å²) in [5.74, 6) is 1.94. The number of nitrogens with one attached hydrogen (secondary N) is 1. The quantitative estimate of drug-likeness (QED) is 0.737. The molecule has 1 aromatic rings. The monoisotopic (exact) mass is 257 g/mol. The Hall–Kier alpha value is -0.870. The van der Waals surface area contributed by atoms with E-state index in [1.165, 1.54) is 0 Å². The zero-order valence-electron chi connectivity index (χ0n) is 10.4. The molecule has 0 amide bonds. The van der Waals surface area contributed by atoms with Crippen LogP contribution in [0.4, 0.5) is 5.82 Å². The second kappa shape index (κ2) is 7.45. The van der Waals surface area contributed by atoms with Gasteiger partial charge in [-0.15, -0.1) is 0 Å². The molecule has 0 radical (unpaired) electrons. The molecule has 0 saturated carbocycles. The maximum Gasteiger partial charge on any atom is 0.134 e. The van der Waals surface area contributed by atoms with E-state index in [4.69, 9.17) is 16.7 Å². The molecule has 0 aromatic carbocycles. The highest BCUT2D eigenvalue weighted by molar-refractivity contribution is 6.29. The van der Waals surface area contributed by atoms with Gasteiger partial charge in [-0.1, -0.05) is 25.4 Å². The maximum atomic E-state index is 8.82. The third-order valence-corrected chi connectivity index (χ3v) is 2.66. The molecule has 96 valence electrons. The molecule has 0 fully saturated rings. The molecule has 0 aliphatic heterocycles. The van der Waals surface area contributed by atoms with E-state index >= 15 is 0 Å². The molecule has 1 atom stereocenters. The minimum Gasteiger partial charge on any atom is -0.396 e. The molecule has 0 saturated heterocycles. The fraction of sp³-hybridized carbons (Fsp3) is 0.667. The molecular weight excluding hydrogens is 238 g/mol. The molecule has 0 spiro atoms. The Labute approximate surface area is 107 Å². The molecule has 2 N–H and O–H groups in total. The molecule has 4 nitrogen and oxygen atoms in total. The Kier molecular flexibility index (Phi) is 6.22. The van der Waals surface area contributed by atoms with Crippen LogP contribution in [0.3, 0.4) is 0 Å². The van der Waals surface area contributed by atoms with E-state index in [0.29, 0.717) is 11.1 Å². The third kappa shape index (κ3) is 5.33. The van der Waals surface area contributed by atoms with Crippen LogP contribution in [0.15, 0.2) is 6.07 Å². The van der Waals surface area contributed by atoms with Gasteiger partial charge in [-0.05, 0) is 18.8 Å². The van der Waals surface area contributed by atoms with Gasteiger partial charge in [0.15, 0.2) is 0 Å². The summed E-state index contributed by atoms with van der Waals surface area (Å²) in [5.41, 5.74) is 0. The first kappa shape index (κ1) is 14.2. The van der Waals surface area contributed by atoms with Crippen LogP contribution in [0, 0.1) is 5.92 Å². The van der Waals surface area contributed by atoms with E-state index in [2.05, 4.69) is 29.1 Å². The van der Waals surface area contributed by atoms with Crippen LogP contribution >= 0.6 is 11.6 Å². The molecule has 0 aliphatic rings. The highest BCUT2D eigenvalue weighted by Crippen LogP contribution is 2.13. The van der Waals surface area contributed by atoms with Crippen molar-refractivity contribution in [2.24, 2.45) is 5.92 Å². The fourth-order valence-electron chi connectivity index (χ4n) is 1.49. The topological polar surface area (TPSA) is 58.0 Å². The zero-order chi connectivity index (χ0) is 12.7. The molecule has 1 aromatic heterocycles. The summed E-state index contributed by atoms with van der Waals surface area (Å²) in [6, 6.07) is 1.73. The first-order valence-electron chi connectivity index (χ1n) is 6.04. The molecule has 0 bridgehead atoms. The minimum absolute atomic E-state index is 0.217. The summed E-state index contributed by atoms with van der Waals surface area (Å²) in [7, 11) is 0. The summed E-state index contributed by atoms with van der Waals surface area (Å²) in [4.78, 5) is 8.55. The van der Waals surface area contributed by atoms with E-state index in [9.17, 15) is 0 Å². The molecular formula is C12H20ClN3O. The number of aromatic nitrogens is 2. The highest BCUT2D eigenvalue weighted by atomic mass is 35.5. The van der Waals surface area contributed by atoms with Crippen molar-refractivity contribution in [3.8, 4) is 0 Å². The Bertz CT molecular complexity index is 347. The van der Waals surface area contributed by atoms with Gasteiger partial charge in [0.2, 0.25) is 0 Å². The van der Waals surface area contributed by atoms with E-state index in [1.54, 1.807) is 6.07 Å². The number of nitrogens with zero attached hydrogens (tertiary/aromatic N) is 2. The van der Waals surface area contributed by atoms with Crippen molar-refractivity contribution in [1.29, 1.82) is 0 Å². The summed E-state index contributed by atoms with van der Waals surface area (Å²) in [6.07, 6.45) is 2.62. The average molecular weight is 258 g/mol. The number of aliphatic hydroxyl groups is 1. The normalized spacial score (nSPS) is 12.5. The number of halogens is 1. The second-order valence-corrected chi connectivity index (χ2v) is 4.63. The van der Waals surface area contributed by atoms with Gasteiger partial charge in [0, 0.05) is 25.6 Å². The fourth-order valence-corrected chi connectivity index (χ4v) is 1.69. The van der Waals surface area contributed by atoms with Crippen molar-refractivity contribution in [2.75, 3.05) is 18.5 Å². The molecule has 1 unspecified atom stereocenters. The van der Waals surface area contributed by atoms with E-state index in [0.717, 1.165) is 37.4 Å². The van der Waals surface area contributed by atoms with E-state index < -0.39 is 0 Å². The molecule has 1 heterocycles. The van der Waals surface area contributed by atoms with Crippen molar-refractivity contribution in [3.05, 3.63) is 17.0 Å². The molecule has 5 heteroatoms. The van der Waals surface area contributed by atoms with Gasteiger partial charge in [-0.2, -0.15) is 0 Å². The number of rotatable bonds is 7. The first-order chi connectivity index (χ1) is 8.15. The van der Waals surface area contributed by atoms with Crippen LogP contribution in [-0.2, 0) is 6.42 Å². The lowest BCUT2D eigenvalue weighted by Crippen LogP contribution is -2.14. The zero-order valence-corrected chi connectivity index (χ0v) is 11.2. The lowest BCUT2D eigenvalue weighted by Gasteiger charge is -2.12. The Morgan fingerprint density at radius 3 is 2.88 bits per heavy atom. The van der Waals surface area contributed by atoms with Crippen LogP contribution in [-0.4, -0.2) is 28.2 Å². The van der Waals surface area contributed by atoms with Crippen molar-refractivity contribution >= 4 is 17.4 Å². The first-order valence-corrected chi connectivity index (χ1v) is 6.41. The number of anilines is 1. The summed E-state index contributed by atoms with van der Waals surface area (Å²) < 4.78 is 0. The number of aliphatic hydroxyl groups excluding tert-OH is 1. The molecule has 1 rings (SSSR count). The SMILES string of the molecule is CCCc1nc(Cl)cc(NCC(C)CCO)n1. The van der Waals surface area contributed by atoms with Crippen molar-refractivity contribution < 1.29 is 5.11 Å². The van der Waals surface area contributed by atoms with Crippen LogP contribution < -0.4 is 5.32 Å². The maximum absolute atomic E-state index is 8.82. The van der Waals surface area contributed by atoms with Crippen molar-refractivity contribution in [2.45, 2.75) is 33.1 Å². The standard InChI is InChI=1S/C12H20ClN3O/c1-3-4-11-15-10(13)7-12(16-11)14-8-9(2)5-6-17/h7,9,17H,3-6,8H2,1-2H3,(H,14,15,16). The Balaban J connectivity index is 2.57. The smallest absolute Gasteiger partial charge is 0.134 e. The van der Waals surface area contributed by atoms with Crippen LogP contribution in [0.2, 0.25) is 5.15 Å². The van der Waals surface area contributed by atoms with Gasteiger partial charge in [-0.25, -0.2) is 9.97 Å². The lowest BCUT2D eigenvalue weighted by molar-refractivity contribution is 0.266. The number of hydrogen-bond acceptors (Lipinski definition) is 4. The Morgan fingerprint density at radius 1 is 1.47 bits per heavy atom. The Morgan fingerprint density at radius 2 is 2.24 bits per heavy atom. The van der Waals surface area contributed by atoms with Crippen LogP contribution in [0.1, 0.15) is 32.5 Å². The largest absolute Gasteiger partial charge is 0.396 e. The van der Waals surface area contributed by atoms with Gasteiger partial charge in [0.25, 0.3) is 0 Å². The molecule has 17 heavy (non-hydrogen) atoms. The van der Waals surface area contributed by atoms with Crippen LogP contribution in [0.25, 0.3) is 0 Å². The predicted molar refractivity (Wildman–Crippen MR) is 70.4 cm³/mol. The number of aryl methyl sites for hydroxylation is 1. The van der Waals surface area contributed by atoms with Gasteiger partial charge in [-0.3, -0.25) is 0 Å². The van der Waals surface area contributed by atoms with Crippen LogP contribution in [0.5, 0.6) is 0 Å². The third-order valence-electron chi connectivity index (χ3n) is 2.47. The van der Waals surface area contributed by atoms with Gasteiger partial charge >= 0.3 is 0 Å².